The highest BCUT2D eigenvalue weighted by Crippen LogP contribution is 2.26. The van der Waals surface area contributed by atoms with Crippen LogP contribution in [-0.4, -0.2) is 35.7 Å². The first kappa shape index (κ1) is 25.6. The monoisotopic (exact) mass is 465 g/mol. The number of para-hydroxylation sites is 4. The molecule has 0 bridgehead atoms. The van der Waals surface area contributed by atoms with Crippen LogP contribution in [0.5, 0.6) is 11.5 Å². The number of hydrogen-bond acceptors (Lipinski definition) is 4. The molecular weight excluding hydrogens is 426 g/mol. The summed E-state index contributed by atoms with van der Waals surface area (Å²) in [6.07, 6.45) is 6.03. The number of unbranched alkanes of at least 4 members (excludes halogenated alkanes) is 3. The molecule has 184 valence electrons. The summed E-state index contributed by atoms with van der Waals surface area (Å²) in [4.78, 5) is 16.9. The normalized spacial score (nSPS) is 11.5. The zero-order chi connectivity index (χ0) is 24.4. The van der Waals surface area contributed by atoms with Crippen LogP contribution in [-0.2, 0) is 17.8 Å². The van der Waals surface area contributed by atoms with Crippen molar-refractivity contribution in [3.8, 4) is 11.5 Å². The minimum Gasteiger partial charge on any atom is -0.493 e. The summed E-state index contributed by atoms with van der Waals surface area (Å²) in [5.41, 5.74) is 1.92. The lowest BCUT2D eigenvalue weighted by molar-refractivity contribution is -0.128. The number of aromatic nitrogens is 2. The highest BCUT2D eigenvalue weighted by atomic mass is 16.5. The molecule has 0 radical (unpaired) electrons. The van der Waals surface area contributed by atoms with Gasteiger partial charge in [0.1, 0.15) is 5.82 Å². The Morgan fingerprint density at radius 3 is 2.44 bits per heavy atom. The van der Waals surface area contributed by atoms with Gasteiger partial charge in [-0.3, -0.25) is 4.79 Å². The predicted octanol–water partition coefficient (Wildman–Crippen LogP) is 5.78. The Morgan fingerprint density at radius 2 is 1.68 bits per heavy atom. The molecule has 0 aliphatic rings. The summed E-state index contributed by atoms with van der Waals surface area (Å²) in [6.45, 7) is 8.14. The second-order valence-electron chi connectivity index (χ2n) is 9.69. The molecule has 6 heteroatoms. The van der Waals surface area contributed by atoms with E-state index in [0.29, 0.717) is 6.61 Å². The number of methoxy groups -OCH3 is 1. The van der Waals surface area contributed by atoms with Crippen LogP contribution in [0, 0.1) is 5.41 Å². The summed E-state index contributed by atoms with van der Waals surface area (Å²) in [6, 6.07) is 16.1. The standard InChI is InChI=1S/C28H39N3O3/c1-28(2,3)27(32)29-19-11-5-6-18-26-30-22-14-7-8-15-23(22)31(26)20-12-13-21-34-25-17-10-9-16-24(25)33-4/h7-10,14-17H,5-6,11-13,18-21H2,1-4H3,(H,29,32). The van der Waals surface area contributed by atoms with Crippen LogP contribution in [0.3, 0.4) is 0 Å². The minimum absolute atomic E-state index is 0.115. The third-order valence-electron chi connectivity index (χ3n) is 5.88. The second-order valence-corrected chi connectivity index (χ2v) is 9.69. The van der Waals surface area contributed by atoms with E-state index in [1.807, 2.05) is 51.1 Å². The number of benzene rings is 2. The quantitative estimate of drug-likeness (QED) is 0.325. The Labute approximate surface area is 203 Å². The van der Waals surface area contributed by atoms with E-state index in [2.05, 4.69) is 28.1 Å². The summed E-state index contributed by atoms with van der Waals surface area (Å²) >= 11 is 0. The van der Waals surface area contributed by atoms with Crippen molar-refractivity contribution in [2.45, 2.75) is 65.8 Å². The summed E-state index contributed by atoms with van der Waals surface area (Å²) in [7, 11) is 1.66. The molecular formula is C28H39N3O3. The summed E-state index contributed by atoms with van der Waals surface area (Å²) in [5, 5.41) is 3.03. The first-order valence-electron chi connectivity index (χ1n) is 12.4. The van der Waals surface area contributed by atoms with Crippen LogP contribution < -0.4 is 14.8 Å². The Kier molecular flexibility index (Phi) is 9.37. The van der Waals surface area contributed by atoms with Crippen molar-refractivity contribution in [2.24, 2.45) is 5.41 Å². The highest BCUT2D eigenvalue weighted by Gasteiger charge is 2.20. The van der Waals surface area contributed by atoms with Crippen molar-refractivity contribution in [1.82, 2.24) is 14.9 Å². The highest BCUT2D eigenvalue weighted by molar-refractivity contribution is 5.81. The van der Waals surface area contributed by atoms with Crippen LogP contribution in [0.15, 0.2) is 48.5 Å². The number of nitrogens with one attached hydrogen (secondary N) is 1. The lowest BCUT2D eigenvalue weighted by Crippen LogP contribution is -2.35. The first-order chi connectivity index (χ1) is 16.4. The topological polar surface area (TPSA) is 65.4 Å². The van der Waals surface area contributed by atoms with E-state index in [1.54, 1.807) is 7.11 Å². The van der Waals surface area contributed by atoms with E-state index in [4.69, 9.17) is 14.5 Å². The van der Waals surface area contributed by atoms with E-state index < -0.39 is 0 Å². The average molecular weight is 466 g/mol. The first-order valence-corrected chi connectivity index (χ1v) is 12.4. The van der Waals surface area contributed by atoms with Gasteiger partial charge in [-0.1, -0.05) is 51.5 Å². The SMILES string of the molecule is COc1ccccc1OCCCCn1c(CCCCCNC(=O)C(C)(C)C)nc2ccccc21. The van der Waals surface area contributed by atoms with Crippen molar-refractivity contribution in [3.63, 3.8) is 0 Å². The van der Waals surface area contributed by atoms with Gasteiger partial charge in [0.2, 0.25) is 5.91 Å². The van der Waals surface area contributed by atoms with E-state index in [9.17, 15) is 4.79 Å². The van der Waals surface area contributed by atoms with E-state index in [0.717, 1.165) is 74.5 Å². The lowest BCUT2D eigenvalue weighted by atomic mass is 9.96. The lowest BCUT2D eigenvalue weighted by Gasteiger charge is -2.17. The Hall–Kier alpha value is -3.02. The number of amides is 1. The molecule has 1 N–H and O–H groups in total. The van der Waals surface area contributed by atoms with Crippen LogP contribution in [0.1, 0.15) is 58.7 Å². The molecule has 0 unspecified atom stereocenters. The fourth-order valence-electron chi connectivity index (χ4n) is 3.91. The molecule has 3 rings (SSSR count). The van der Waals surface area contributed by atoms with Crippen LogP contribution in [0.25, 0.3) is 11.0 Å². The molecule has 0 aliphatic heterocycles. The molecule has 0 saturated heterocycles. The molecule has 0 spiro atoms. The third-order valence-corrected chi connectivity index (χ3v) is 5.88. The molecule has 34 heavy (non-hydrogen) atoms. The van der Waals surface area contributed by atoms with E-state index in [-0.39, 0.29) is 11.3 Å². The van der Waals surface area contributed by atoms with Gasteiger partial charge < -0.3 is 19.4 Å². The maximum atomic E-state index is 12.0. The van der Waals surface area contributed by atoms with Crippen LogP contribution in [0.2, 0.25) is 0 Å². The number of imidazole rings is 1. The van der Waals surface area contributed by atoms with Gasteiger partial charge in [-0.05, 0) is 49.9 Å². The Bertz CT molecular complexity index is 1050. The maximum absolute atomic E-state index is 12.0. The maximum Gasteiger partial charge on any atom is 0.225 e. The predicted molar refractivity (Wildman–Crippen MR) is 137 cm³/mol. The number of carbonyl (C=O) groups is 1. The van der Waals surface area contributed by atoms with E-state index >= 15 is 0 Å². The van der Waals surface area contributed by atoms with Crippen molar-refractivity contribution in [2.75, 3.05) is 20.3 Å². The van der Waals surface area contributed by atoms with Gasteiger partial charge in [0.25, 0.3) is 0 Å². The molecule has 0 fully saturated rings. The van der Waals surface area contributed by atoms with E-state index in [1.165, 1.54) is 5.52 Å². The largest absolute Gasteiger partial charge is 0.493 e. The van der Waals surface area contributed by atoms with Gasteiger partial charge in [0.15, 0.2) is 11.5 Å². The fraction of sp³-hybridized carbons (Fsp3) is 0.500. The number of hydrogen-bond donors (Lipinski definition) is 1. The molecule has 1 heterocycles. The van der Waals surface area contributed by atoms with Gasteiger partial charge in [0, 0.05) is 24.9 Å². The third kappa shape index (κ3) is 7.24. The Balaban J connectivity index is 1.47. The van der Waals surface area contributed by atoms with Crippen molar-refractivity contribution < 1.29 is 14.3 Å². The molecule has 0 atom stereocenters. The van der Waals surface area contributed by atoms with Crippen LogP contribution in [0.4, 0.5) is 0 Å². The molecule has 6 nitrogen and oxygen atoms in total. The zero-order valence-electron chi connectivity index (χ0n) is 21.1. The minimum atomic E-state index is -0.330. The molecule has 2 aromatic carbocycles. The van der Waals surface area contributed by atoms with Gasteiger partial charge >= 0.3 is 0 Å². The molecule has 0 aliphatic carbocycles. The van der Waals surface area contributed by atoms with Crippen LogP contribution >= 0.6 is 0 Å². The number of nitrogens with zero attached hydrogens (tertiary/aromatic N) is 2. The van der Waals surface area contributed by atoms with Gasteiger partial charge in [-0.25, -0.2) is 4.98 Å². The summed E-state index contributed by atoms with van der Waals surface area (Å²) in [5.74, 6) is 2.82. The number of fused-ring (bicyclic) bond motifs is 1. The average Bonchev–Trinajstić information content (AvgIpc) is 3.18. The molecule has 1 aromatic heterocycles. The number of rotatable bonds is 13. The van der Waals surface area contributed by atoms with Crippen molar-refractivity contribution in [3.05, 3.63) is 54.4 Å². The molecule has 3 aromatic rings. The molecule has 0 saturated carbocycles. The second kappa shape index (κ2) is 12.4. The smallest absolute Gasteiger partial charge is 0.225 e. The van der Waals surface area contributed by atoms with Gasteiger partial charge in [0.05, 0.1) is 24.8 Å². The van der Waals surface area contributed by atoms with Crippen molar-refractivity contribution in [1.29, 1.82) is 0 Å². The summed E-state index contributed by atoms with van der Waals surface area (Å²) < 4.78 is 13.6. The molecule has 1 amide bonds. The number of ether oxygens (including phenoxy) is 2. The number of aryl methyl sites for hydroxylation is 2. The Morgan fingerprint density at radius 1 is 0.941 bits per heavy atom. The number of carbonyl (C=O) groups excluding carboxylic acids is 1. The fourth-order valence-corrected chi connectivity index (χ4v) is 3.91. The zero-order valence-corrected chi connectivity index (χ0v) is 21.1. The van der Waals surface area contributed by atoms with Gasteiger partial charge in [-0.15, -0.1) is 0 Å². The van der Waals surface area contributed by atoms with Gasteiger partial charge in [-0.2, -0.15) is 0 Å². The van der Waals surface area contributed by atoms with Crippen molar-refractivity contribution >= 4 is 16.9 Å².